The monoisotopic (exact) mass is 243 g/mol. The van der Waals surface area contributed by atoms with Gasteiger partial charge in [-0.1, -0.05) is 25.1 Å². The summed E-state index contributed by atoms with van der Waals surface area (Å²) in [5, 5.41) is 2.97. The predicted molar refractivity (Wildman–Crippen MR) is 71.6 cm³/mol. The molecule has 0 radical (unpaired) electrons. The van der Waals surface area contributed by atoms with E-state index in [9.17, 15) is 4.79 Å². The molecule has 0 atom stereocenters. The third-order valence-corrected chi connectivity index (χ3v) is 2.92. The Morgan fingerprint density at radius 3 is 2.78 bits per heavy atom. The van der Waals surface area contributed by atoms with Crippen molar-refractivity contribution in [3.05, 3.63) is 53.5 Å². The summed E-state index contributed by atoms with van der Waals surface area (Å²) in [6, 6.07) is 9.64. The first kappa shape index (κ1) is 12.4. The second kappa shape index (κ2) is 5.54. The van der Waals surface area contributed by atoms with Crippen molar-refractivity contribution >= 4 is 11.6 Å². The third-order valence-electron chi connectivity index (χ3n) is 2.92. The van der Waals surface area contributed by atoms with Gasteiger partial charge >= 0.3 is 0 Å². The average Bonchev–Trinajstić information content (AvgIpc) is 2.84. The molecule has 1 N–H and O–H groups in total. The van der Waals surface area contributed by atoms with Gasteiger partial charge in [-0.05, 0) is 36.6 Å². The molecule has 1 aromatic heterocycles. The molecule has 1 amide bonds. The molecule has 3 heteroatoms. The molecule has 0 saturated heterocycles. The van der Waals surface area contributed by atoms with Gasteiger partial charge in [0, 0.05) is 5.69 Å². The average molecular weight is 243 g/mol. The highest BCUT2D eigenvalue weighted by molar-refractivity contribution is 5.93. The molecule has 1 heterocycles. The smallest absolute Gasteiger partial charge is 0.232 e. The highest BCUT2D eigenvalue weighted by Crippen LogP contribution is 2.21. The molecule has 0 aliphatic carbocycles. The van der Waals surface area contributed by atoms with Gasteiger partial charge in [-0.25, -0.2) is 0 Å². The first-order valence-corrected chi connectivity index (χ1v) is 6.11. The summed E-state index contributed by atoms with van der Waals surface area (Å²) in [5.74, 6) is 0.632. The Kier molecular flexibility index (Phi) is 3.82. The summed E-state index contributed by atoms with van der Waals surface area (Å²) in [6.45, 7) is 4.08. The minimum atomic E-state index is -0.0473. The van der Waals surface area contributed by atoms with E-state index in [4.69, 9.17) is 4.42 Å². The molecule has 0 spiro atoms. The summed E-state index contributed by atoms with van der Waals surface area (Å²) in [4.78, 5) is 11.9. The lowest BCUT2D eigenvalue weighted by Gasteiger charge is -2.12. The van der Waals surface area contributed by atoms with Crippen molar-refractivity contribution < 1.29 is 9.21 Å². The van der Waals surface area contributed by atoms with Crippen molar-refractivity contribution in [1.82, 2.24) is 0 Å². The number of hydrogen-bond acceptors (Lipinski definition) is 2. The van der Waals surface area contributed by atoms with E-state index in [0.717, 1.165) is 23.2 Å². The zero-order valence-electron chi connectivity index (χ0n) is 10.7. The van der Waals surface area contributed by atoms with Gasteiger partial charge in [0.1, 0.15) is 5.76 Å². The summed E-state index contributed by atoms with van der Waals surface area (Å²) < 4.78 is 5.17. The topological polar surface area (TPSA) is 42.2 Å². The van der Waals surface area contributed by atoms with Crippen LogP contribution in [0.4, 0.5) is 5.69 Å². The molecule has 3 nitrogen and oxygen atoms in total. The van der Waals surface area contributed by atoms with Crippen LogP contribution in [0.3, 0.4) is 0 Å². The molecule has 2 rings (SSSR count). The molecule has 0 unspecified atom stereocenters. The fourth-order valence-electron chi connectivity index (χ4n) is 1.96. The molecular formula is C15H17NO2. The Labute approximate surface area is 107 Å². The number of hydrogen-bond donors (Lipinski definition) is 1. The molecule has 0 saturated carbocycles. The van der Waals surface area contributed by atoms with Gasteiger partial charge < -0.3 is 9.73 Å². The highest BCUT2D eigenvalue weighted by atomic mass is 16.3. The van der Waals surface area contributed by atoms with Gasteiger partial charge in [0.2, 0.25) is 5.91 Å². The van der Waals surface area contributed by atoms with Crippen LogP contribution < -0.4 is 5.32 Å². The molecule has 18 heavy (non-hydrogen) atoms. The number of benzene rings is 1. The number of anilines is 1. The van der Waals surface area contributed by atoms with Crippen molar-refractivity contribution in [3.63, 3.8) is 0 Å². The first-order chi connectivity index (χ1) is 8.70. The predicted octanol–water partition coefficient (Wildman–Crippen LogP) is 3.33. The molecule has 0 aliphatic rings. The second-order valence-electron chi connectivity index (χ2n) is 4.27. The number of rotatable bonds is 4. The van der Waals surface area contributed by atoms with Crippen molar-refractivity contribution in [2.45, 2.75) is 26.7 Å². The van der Waals surface area contributed by atoms with E-state index < -0.39 is 0 Å². The van der Waals surface area contributed by atoms with Gasteiger partial charge in [-0.3, -0.25) is 4.79 Å². The van der Waals surface area contributed by atoms with Crippen LogP contribution in [-0.4, -0.2) is 5.91 Å². The van der Waals surface area contributed by atoms with E-state index in [1.54, 1.807) is 18.4 Å². The molecule has 94 valence electrons. The largest absolute Gasteiger partial charge is 0.469 e. The van der Waals surface area contributed by atoms with E-state index in [0.29, 0.717) is 5.76 Å². The SMILES string of the molecule is CCc1cccc(C)c1NC(=O)Cc1ccco1. The minimum Gasteiger partial charge on any atom is -0.469 e. The molecular weight excluding hydrogens is 226 g/mol. The molecule has 0 aliphatic heterocycles. The lowest BCUT2D eigenvalue weighted by molar-refractivity contribution is -0.115. The first-order valence-electron chi connectivity index (χ1n) is 6.11. The number of nitrogens with one attached hydrogen (secondary N) is 1. The summed E-state index contributed by atoms with van der Waals surface area (Å²) in [7, 11) is 0. The van der Waals surface area contributed by atoms with Crippen molar-refractivity contribution in [2.24, 2.45) is 0 Å². The van der Waals surface area contributed by atoms with Gasteiger partial charge in [-0.2, -0.15) is 0 Å². The number of carbonyl (C=O) groups excluding carboxylic acids is 1. The van der Waals surface area contributed by atoms with E-state index in [2.05, 4.69) is 12.2 Å². The van der Waals surface area contributed by atoms with Crippen LogP contribution in [0.25, 0.3) is 0 Å². The fourth-order valence-corrected chi connectivity index (χ4v) is 1.96. The molecule has 0 fully saturated rings. The highest BCUT2D eigenvalue weighted by Gasteiger charge is 2.10. The van der Waals surface area contributed by atoms with Crippen molar-refractivity contribution in [3.8, 4) is 0 Å². The maximum Gasteiger partial charge on any atom is 0.232 e. The quantitative estimate of drug-likeness (QED) is 0.895. The van der Waals surface area contributed by atoms with Crippen LogP contribution in [0.5, 0.6) is 0 Å². The minimum absolute atomic E-state index is 0.0473. The Balaban J connectivity index is 2.11. The van der Waals surface area contributed by atoms with Gasteiger partial charge in [0.15, 0.2) is 0 Å². The lowest BCUT2D eigenvalue weighted by Crippen LogP contribution is -2.16. The van der Waals surface area contributed by atoms with E-state index in [-0.39, 0.29) is 12.3 Å². The summed E-state index contributed by atoms with van der Waals surface area (Å²) >= 11 is 0. The van der Waals surface area contributed by atoms with E-state index in [1.807, 2.05) is 25.1 Å². The van der Waals surface area contributed by atoms with Crippen LogP contribution in [0, 0.1) is 6.92 Å². The number of aryl methyl sites for hydroxylation is 2. The van der Waals surface area contributed by atoms with Crippen molar-refractivity contribution in [1.29, 1.82) is 0 Å². The van der Waals surface area contributed by atoms with Gasteiger partial charge in [-0.15, -0.1) is 0 Å². The van der Waals surface area contributed by atoms with Gasteiger partial charge in [0.25, 0.3) is 0 Å². The van der Waals surface area contributed by atoms with Crippen LogP contribution in [0.1, 0.15) is 23.8 Å². The van der Waals surface area contributed by atoms with E-state index >= 15 is 0 Å². The van der Waals surface area contributed by atoms with Crippen molar-refractivity contribution in [2.75, 3.05) is 5.32 Å². The molecule has 0 bridgehead atoms. The summed E-state index contributed by atoms with van der Waals surface area (Å²) in [5.41, 5.74) is 3.17. The maximum atomic E-state index is 11.9. The van der Waals surface area contributed by atoms with E-state index in [1.165, 1.54) is 0 Å². The van der Waals surface area contributed by atoms with Crippen LogP contribution in [-0.2, 0) is 17.6 Å². The standard InChI is InChI=1S/C15H17NO2/c1-3-12-7-4-6-11(2)15(12)16-14(17)10-13-8-5-9-18-13/h4-9H,3,10H2,1-2H3,(H,16,17). The molecule has 1 aromatic carbocycles. The Morgan fingerprint density at radius 2 is 2.11 bits per heavy atom. The lowest BCUT2D eigenvalue weighted by atomic mass is 10.1. The number of amides is 1. The fraction of sp³-hybridized carbons (Fsp3) is 0.267. The second-order valence-corrected chi connectivity index (χ2v) is 4.27. The number of para-hydroxylation sites is 1. The number of carbonyl (C=O) groups is 1. The van der Waals surface area contributed by atoms with Crippen LogP contribution in [0.2, 0.25) is 0 Å². The Morgan fingerprint density at radius 1 is 1.28 bits per heavy atom. The van der Waals surface area contributed by atoms with Gasteiger partial charge in [0.05, 0.1) is 12.7 Å². The van der Waals surface area contributed by atoms with Crippen LogP contribution >= 0.6 is 0 Å². The number of furan rings is 1. The Hall–Kier alpha value is -2.03. The normalized spacial score (nSPS) is 10.3. The van der Waals surface area contributed by atoms with Crippen LogP contribution in [0.15, 0.2) is 41.0 Å². The zero-order chi connectivity index (χ0) is 13.0. The Bertz CT molecular complexity index is 529. The third kappa shape index (κ3) is 2.80. The zero-order valence-corrected chi connectivity index (χ0v) is 10.7. The summed E-state index contributed by atoms with van der Waals surface area (Å²) in [6.07, 6.45) is 2.75. The molecule has 2 aromatic rings. The maximum absolute atomic E-state index is 11.9.